The normalized spacial score (nSPS) is 26.9. The summed E-state index contributed by atoms with van der Waals surface area (Å²) in [5.41, 5.74) is 0.925. The van der Waals surface area contributed by atoms with Crippen LogP contribution in [0, 0.1) is 5.92 Å². The molecular weight excluding hydrogens is 333 g/mol. The highest BCUT2D eigenvalue weighted by Gasteiger charge is 2.42. The van der Waals surface area contributed by atoms with Crippen molar-refractivity contribution in [3.63, 3.8) is 0 Å². The second kappa shape index (κ2) is 7.09. The lowest BCUT2D eigenvalue weighted by Gasteiger charge is -2.47. The number of ether oxygens (including phenoxy) is 1. The van der Waals surface area contributed by atoms with Gasteiger partial charge in [0.1, 0.15) is 6.61 Å². The van der Waals surface area contributed by atoms with Gasteiger partial charge in [0.05, 0.1) is 5.75 Å². The highest BCUT2D eigenvalue weighted by atomic mass is 32.3. The molecule has 2 saturated heterocycles. The van der Waals surface area contributed by atoms with Crippen molar-refractivity contribution in [1.29, 1.82) is 0 Å². The highest BCUT2D eigenvalue weighted by Crippen LogP contribution is 2.38. The fraction of sp³-hybridized carbons (Fsp3) is 0.588. The highest BCUT2D eigenvalue weighted by molar-refractivity contribution is 7.86. The number of hydrogen-bond acceptors (Lipinski definition) is 4. The van der Waals surface area contributed by atoms with Crippen LogP contribution in [0.1, 0.15) is 37.7 Å². The zero-order valence-electron chi connectivity index (χ0n) is 13.4. The molecule has 2 fully saturated rings. The third-order valence-corrected chi connectivity index (χ3v) is 5.79. The molecule has 0 N–H and O–H groups in total. The zero-order chi connectivity index (χ0) is 17.2. The van der Waals surface area contributed by atoms with E-state index in [1.165, 1.54) is 0 Å². The van der Waals surface area contributed by atoms with Crippen LogP contribution in [0.5, 0.6) is 0 Å². The Morgan fingerprint density at radius 2 is 1.79 bits per heavy atom. The van der Waals surface area contributed by atoms with E-state index in [1.54, 1.807) is 4.90 Å². The summed E-state index contributed by atoms with van der Waals surface area (Å²) in [5, 5.41) is 0. The standard InChI is InChI=1S/C17H22FNO4S/c18-24(21,22)12-14-9-15-7-4-8-16(10-14)19(15)17(20)23-11-13-5-2-1-3-6-13/h1-3,5-6,14-16H,4,7-12H2. The topological polar surface area (TPSA) is 63.7 Å². The van der Waals surface area contributed by atoms with Gasteiger partial charge in [-0.2, -0.15) is 8.42 Å². The van der Waals surface area contributed by atoms with E-state index in [0.717, 1.165) is 24.8 Å². The zero-order valence-corrected chi connectivity index (χ0v) is 14.3. The van der Waals surface area contributed by atoms with Crippen LogP contribution in [-0.2, 0) is 21.6 Å². The fourth-order valence-corrected chi connectivity index (χ4v) is 4.84. The van der Waals surface area contributed by atoms with Crippen LogP contribution in [0.4, 0.5) is 8.68 Å². The van der Waals surface area contributed by atoms with E-state index in [0.29, 0.717) is 12.8 Å². The number of carbonyl (C=O) groups is 1. The number of halogens is 1. The van der Waals surface area contributed by atoms with Crippen molar-refractivity contribution in [1.82, 2.24) is 4.90 Å². The Bertz CT molecular complexity index is 665. The maximum atomic E-state index is 13.0. The van der Waals surface area contributed by atoms with E-state index in [-0.39, 0.29) is 30.7 Å². The van der Waals surface area contributed by atoms with Crippen LogP contribution >= 0.6 is 0 Å². The Morgan fingerprint density at radius 3 is 2.38 bits per heavy atom. The summed E-state index contributed by atoms with van der Waals surface area (Å²) in [6, 6.07) is 9.37. The third kappa shape index (κ3) is 4.26. The Hall–Kier alpha value is -1.63. The van der Waals surface area contributed by atoms with Crippen LogP contribution in [0.2, 0.25) is 0 Å². The van der Waals surface area contributed by atoms with Gasteiger partial charge in [-0.3, -0.25) is 0 Å². The van der Waals surface area contributed by atoms with Crippen molar-refractivity contribution >= 4 is 16.3 Å². The van der Waals surface area contributed by atoms with Gasteiger partial charge in [0.25, 0.3) is 0 Å². The van der Waals surface area contributed by atoms with Crippen LogP contribution < -0.4 is 0 Å². The minimum Gasteiger partial charge on any atom is -0.445 e. The molecule has 0 saturated carbocycles. The predicted octanol–water partition coefficient (Wildman–Crippen LogP) is 3.26. The average Bonchev–Trinajstić information content (AvgIpc) is 2.51. The molecule has 2 atom stereocenters. The van der Waals surface area contributed by atoms with Gasteiger partial charge < -0.3 is 9.64 Å². The van der Waals surface area contributed by atoms with E-state index >= 15 is 0 Å². The molecule has 5 nitrogen and oxygen atoms in total. The number of hydrogen-bond donors (Lipinski definition) is 0. The number of fused-ring (bicyclic) bond motifs is 2. The quantitative estimate of drug-likeness (QED) is 0.778. The molecule has 0 aliphatic carbocycles. The maximum Gasteiger partial charge on any atom is 0.410 e. The lowest BCUT2D eigenvalue weighted by atomic mass is 9.79. The van der Waals surface area contributed by atoms with Gasteiger partial charge in [-0.05, 0) is 43.6 Å². The van der Waals surface area contributed by atoms with Crippen LogP contribution in [-0.4, -0.2) is 37.2 Å². The van der Waals surface area contributed by atoms with Crippen molar-refractivity contribution in [3.8, 4) is 0 Å². The molecule has 1 amide bonds. The van der Waals surface area contributed by atoms with Gasteiger partial charge in [-0.1, -0.05) is 30.3 Å². The molecule has 24 heavy (non-hydrogen) atoms. The van der Waals surface area contributed by atoms with E-state index in [1.807, 2.05) is 30.3 Å². The van der Waals surface area contributed by atoms with Gasteiger partial charge in [-0.25, -0.2) is 4.79 Å². The molecule has 2 heterocycles. The molecule has 3 rings (SSSR count). The number of amides is 1. The molecule has 2 aliphatic heterocycles. The molecule has 7 heteroatoms. The van der Waals surface area contributed by atoms with E-state index in [9.17, 15) is 17.1 Å². The summed E-state index contributed by atoms with van der Waals surface area (Å²) in [5.74, 6) is -0.652. The molecule has 0 aromatic heterocycles. The Morgan fingerprint density at radius 1 is 1.17 bits per heavy atom. The Labute approximate surface area is 142 Å². The summed E-state index contributed by atoms with van der Waals surface area (Å²) >= 11 is 0. The van der Waals surface area contributed by atoms with Gasteiger partial charge >= 0.3 is 16.3 Å². The molecule has 2 aliphatic rings. The van der Waals surface area contributed by atoms with Gasteiger partial charge in [0.2, 0.25) is 0 Å². The lowest BCUT2D eigenvalue weighted by Crippen LogP contribution is -2.55. The van der Waals surface area contributed by atoms with Gasteiger partial charge in [0, 0.05) is 12.1 Å². The fourth-order valence-electron chi connectivity index (χ4n) is 4.00. The second-order valence-corrected chi connectivity index (χ2v) is 8.14. The number of benzene rings is 1. The average molecular weight is 355 g/mol. The molecule has 1 aromatic carbocycles. The predicted molar refractivity (Wildman–Crippen MR) is 87.5 cm³/mol. The summed E-state index contributed by atoms with van der Waals surface area (Å²) < 4.78 is 40.3. The molecule has 0 spiro atoms. The summed E-state index contributed by atoms with van der Waals surface area (Å²) in [7, 11) is -4.47. The van der Waals surface area contributed by atoms with Crippen LogP contribution in [0.15, 0.2) is 30.3 Å². The van der Waals surface area contributed by atoms with E-state index in [2.05, 4.69) is 0 Å². The lowest BCUT2D eigenvalue weighted by molar-refractivity contribution is 0.00641. The van der Waals surface area contributed by atoms with E-state index < -0.39 is 16.0 Å². The Kier molecular flexibility index (Phi) is 5.08. The molecule has 1 aromatic rings. The van der Waals surface area contributed by atoms with Crippen molar-refractivity contribution in [2.75, 3.05) is 5.75 Å². The number of piperidine rings is 2. The van der Waals surface area contributed by atoms with Crippen molar-refractivity contribution < 1.29 is 21.8 Å². The Balaban J connectivity index is 1.62. The number of nitrogens with zero attached hydrogens (tertiary/aromatic N) is 1. The number of rotatable bonds is 4. The summed E-state index contributed by atoms with van der Waals surface area (Å²) in [4.78, 5) is 14.2. The first kappa shape index (κ1) is 17.2. The van der Waals surface area contributed by atoms with E-state index in [4.69, 9.17) is 4.74 Å². The van der Waals surface area contributed by atoms with Crippen molar-refractivity contribution in [3.05, 3.63) is 35.9 Å². The van der Waals surface area contributed by atoms with Crippen LogP contribution in [0.3, 0.4) is 0 Å². The smallest absolute Gasteiger partial charge is 0.410 e. The summed E-state index contributed by atoms with van der Waals surface area (Å²) in [6.07, 6.45) is 3.35. The third-order valence-electron chi connectivity index (χ3n) is 4.92. The molecule has 0 radical (unpaired) electrons. The monoisotopic (exact) mass is 355 g/mol. The number of carbonyl (C=O) groups excluding carboxylic acids is 1. The van der Waals surface area contributed by atoms with Gasteiger partial charge in [0.15, 0.2) is 0 Å². The first-order chi connectivity index (χ1) is 11.4. The summed E-state index contributed by atoms with van der Waals surface area (Å²) in [6.45, 7) is 0.220. The first-order valence-corrected chi connectivity index (χ1v) is 9.89. The molecule has 2 unspecified atom stereocenters. The van der Waals surface area contributed by atoms with Crippen LogP contribution in [0.25, 0.3) is 0 Å². The minimum absolute atomic E-state index is 0.0486. The molecule has 132 valence electrons. The maximum absolute atomic E-state index is 13.0. The minimum atomic E-state index is -4.47. The largest absolute Gasteiger partial charge is 0.445 e. The first-order valence-electron chi connectivity index (χ1n) is 8.34. The molecule has 2 bridgehead atoms. The molecular formula is C17H22FNO4S. The van der Waals surface area contributed by atoms with Crippen molar-refractivity contribution in [2.24, 2.45) is 5.92 Å². The second-order valence-electron chi connectivity index (χ2n) is 6.73. The van der Waals surface area contributed by atoms with Crippen molar-refractivity contribution in [2.45, 2.75) is 50.8 Å². The van der Waals surface area contributed by atoms with Gasteiger partial charge in [-0.15, -0.1) is 3.89 Å². The SMILES string of the molecule is O=C(OCc1ccccc1)N1C2CCCC1CC(CS(=O)(=O)F)C2.